The molecular formula is C7H10N6S. The SMILES string of the molecule is CCNc1nc2nc(N)nc(N)c2s1. The minimum Gasteiger partial charge on any atom is -0.382 e. The fourth-order valence-corrected chi connectivity index (χ4v) is 1.96. The van der Waals surface area contributed by atoms with Gasteiger partial charge in [-0.2, -0.15) is 15.0 Å². The highest BCUT2D eigenvalue weighted by molar-refractivity contribution is 7.22. The van der Waals surface area contributed by atoms with Crippen LogP contribution in [0.25, 0.3) is 10.3 Å². The Hall–Kier alpha value is -1.63. The van der Waals surface area contributed by atoms with E-state index in [4.69, 9.17) is 11.5 Å². The van der Waals surface area contributed by atoms with Gasteiger partial charge >= 0.3 is 0 Å². The van der Waals surface area contributed by atoms with Crippen molar-refractivity contribution in [2.45, 2.75) is 6.92 Å². The number of thiazole rings is 1. The van der Waals surface area contributed by atoms with Crippen molar-refractivity contribution in [2.24, 2.45) is 0 Å². The third-order valence-electron chi connectivity index (χ3n) is 1.63. The zero-order valence-electron chi connectivity index (χ0n) is 7.61. The molecule has 0 aromatic carbocycles. The van der Waals surface area contributed by atoms with Crippen LogP contribution in [0.1, 0.15) is 6.92 Å². The van der Waals surface area contributed by atoms with Crippen molar-refractivity contribution in [1.82, 2.24) is 15.0 Å². The number of rotatable bonds is 2. The monoisotopic (exact) mass is 210 g/mol. The number of hydrogen-bond acceptors (Lipinski definition) is 7. The fraction of sp³-hybridized carbons (Fsp3) is 0.286. The van der Waals surface area contributed by atoms with Crippen LogP contribution in [-0.2, 0) is 0 Å². The lowest BCUT2D eigenvalue weighted by molar-refractivity contribution is 1.18. The van der Waals surface area contributed by atoms with Gasteiger partial charge in [-0.25, -0.2) is 0 Å². The first-order valence-corrected chi connectivity index (χ1v) is 4.95. The molecule has 2 aromatic heterocycles. The molecule has 7 heteroatoms. The van der Waals surface area contributed by atoms with Gasteiger partial charge in [-0.3, -0.25) is 0 Å². The first-order valence-electron chi connectivity index (χ1n) is 4.14. The molecule has 0 saturated heterocycles. The maximum absolute atomic E-state index is 5.68. The predicted octanol–water partition coefficient (Wildman–Crippen LogP) is 0.682. The van der Waals surface area contributed by atoms with Gasteiger partial charge in [0.2, 0.25) is 5.95 Å². The van der Waals surface area contributed by atoms with Gasteiger partial charge in [0.25, 0.3) is 0 Å². The Morgan fingerprint density at radius 2 is 2.07 bits per heavy atom. The number of nitrogens with two attached hydrogens (primary N) is 2. The zero-order chi connectivity index (χ0) is 10.1. The van der Waals surface area contributed by atoms with Crippen molar-refractivity contribution >= 4 is 38.6 Å². The van der Waals surface area contributed by atoms with E-state index in [1.807, 2.05) is 6.92 Å². The molecule has 0 spiro atoms. The highest BCUT2D eigenvalue weighted by Gasteiger charge is 2.09. The van der Waals surface area contributed by atoms with E-state index in [1.165, 1.54) is 11.3 Å². The van der Waals surface area contributed by atoms with E-state index in [9.17, 15) is 0 Å². The molecule has 14 heavy (non-hydrogen) atoms. The largest absolute Gasteiger partial charge is 0.382 e. The van der Waals surface area contributed by atoms with Gasteiger partial charge in [0.15, 0.2) is 10.8 Å². The lowest BCUT2D eigenvalue weighted by Gasteiger charge is -1.93. The fourth-order valence-electron chi connectivity index (χ4n) is 1.09. The van der Waals surface area contributed by atoms with E-state index in [2.05, 4.69) is 20.3 Å². The molecule has 2 heterocycles. The van der Waals surface area contributed by atoms with Gasteiger partial charge in [-0.05, 0) is 6.92 Å². The van der Waals surface area contributed by atoms with E-state index in [0.717, 1.165) is 16.4 Å². The summed E-state index contributed by atoms with van der Waals surface area (Å²) in [5, 5.41) is 3.87. The van der Waals surface area contributed by atoms with E-state index >= 15 is 0 Å². The Labute approximate surface area is 84.4 Å². The summed E-state index contributed by atoms with van der Waals surface area (Å²) in [5.41, 5.74) is 11.7. The summed E-state index contributed by atoms with van der Waals surface area (Å²) in [7, 11) is 0. The van der Waals surface area contributed by atoms with E-state index in [-0.39, 0.29) is 5.95 Å². The summed E-state index contributed by atoms with van der Waals surface area (Å²) in [4.78, 5) is 12.1. The molecule has 74 valence electrons. The predicted molar refractivity (Wildman–Crippen MR) is 58.2 cm³/mol. The second-order valence-corrected chi connectivity index (χ2v) is 3.67. The minimum atomic E-state index is 0.156. The molecular weight excluding hydrogens is 200 g/mol. The summed E-state index contributed by atoms with van der Waals surface area (Å²) in [6.45, 7) is 2.80. The van der Waals surface area contributed by atoms with Crippen LogP contribution in [0.4, 0.5) is 16.9 Å². The molecule has 0 aliphatic rings. The van der Waals surface area contributed by atoms with Gasteiger partial charge in [0, 0.05) is 6.54 Å². The number of hydrogen-bond donors (Lipinski definition) is 3. The Balaban J connectivity index is 2.58. The normalized spacial score (nSPS) is 10.6. The van der Waals surface area contributed by atoms with Gasteiger partial charge < -0.3 is 16.8 Å². The lowest BCUT2D eigenvalue weighted by atomic mass is 10.5. The Morgan fingerprint density at radius 1 is 1.29 bits per heavy atom. The number of anilines is 3. The van der Waals surface area contributed by atoms with Crippen molar-refractivity contribution in [3.63, 3.8) is 0 Å². The molecule has 0 bridgehead atoms. The van der Waals surface area contributed by atoms with Gasteiger partial charge in [-0.15, -0.1) is 0 Å². The zero-order valence-corrected chi connectivity index (χ0v) is 8.43. The number of fused-ring (bicyclic) bond motifs is 1. The summed E-state index contributed by atoms with van der Waals surface area (Å²) < 4.78 is 0.773. The third-order valence-corrected chi connectivity index (χ3v) is 2.65. The molecule has 0 unspecified atom stereocenters. The standard InChI is InChI=1S/C7H10N6S/c1-2-10-7-13-5-3(14-7)4(8)11-6(9)12-5/h2H2,1H3,(H5,8,9,10,11,12,13). The lowest BCUT2D eigenvalue weighted by Crippen LogP contribution is -1.99. The summed E-state index contributed by atoms with van der Waals surface area (Å²) in [6, 6.07) is 0. The number of nitrogen functional groups attached to an aromatic ring is 2. The van der Waals surface area contributed by atoms with Crippen LogP contribution in [0.2, 0.25) is 0 Å². The average Bonchev–Trinajstić information content (AvgIpc) is 2.48. The van der Waals surface area contributed by atoms with Crippen LogP contribution in [0.3, 0.4) is 0 Å². The molecule has 5 N–H and O–H groups in total. The van der Waals surface area contributed by atoms with E-state index in [0.29, 0.717) is 11.5 Å². The van der Waals surface area contributed by atoms with Crippen LogP contribution in [-0.4, -0.2) is 21.5 Å². The molecule has 0 amide bonds. The van der Waals surface area contributed by atoms with E-state index in [1.54, 1.807) is 0 Å². The first kappa shape index (κ1) is 8.95. The van der Waals surface area contributed by atoms with Crippen LogP contribution < -0.4 is 16.8 Å². The van der Waals surface area contributed by atoms with Gasteiger partial charge in [-0.1, -0.05) is 11.3 Å². The minimum absolute atomic E-state index is 0.156. The quantitative estimate of drug-likeness (QED) is 0.673. The summed E-state index contributed by atoms with van der Waals surface area (Å²) in [6.07, 6.45) is 0. The Kier molecular flexibility index (Phi) is 2.08. The molecule has 6 nitrogen and oxygen atoms in total. The van der Waals surface area contributed by atoms with Crippen molar-refractivity contribution < 1.29 is 0 Å². The van der Waals surface area contributed by atoms with Crippen molar-refractivity contribution in [3.05, 3.63) is 0 Å². The molecule has 2 aromatic rings. The highest BCUT2D eigenvalue weighted by atomic mass is 32.1. The molecule has 0 saturated carbocycles. The Morgan fingerprint density at radius 3 is 2.79 bits per heavy atom. The van der Waals surface area contributed by atoms with Crippen molar-refractivity contribution in [2.75, 3.05) is 23.3 Å². The molecule has 0 radical (unpaired) electrons. The van der Waals surface area contributed by atoms with Crippen molar-refractivity contribution in [1.29, 1.82) is 0 Å². The number of nitrogens with zero attached hydrogens (tertiary/aromatic N) is 3. The second-order valence-electron chi connectivity index (χ2n) is 2.67. The van der Waals surface area contributed by atoms with Gasteiger partial charge in [0.05, 0.1) is 0 Å². The third kappa shape index (κ3) is 1.41. The maximum Gasteiger partial charge on any atom is 0.224 e. The Bertz CT molecular complexity index is 464. The van der Waals surface area contributed by atoms with Crippen LogP contribution in [0.5, 0.6) is 0 Å². The van der Waals surface area contributed by atoms with Crippen LogP contribution in [0, 0.1) is 0 Å². The average molecular weight is 210 g/mol. The highest BCUT2D eigenvalue weighted by Crippen LogP contribution is 2.28. The molecule has 0 aliphatic carbocycles. The topological polar surface area (TPSA) is 103 Å². The van der Waals surface area contributed by atoms with E-state index < -0.39 is 0 Å². The first-order chi connectivity index (χ1) is 6.70. The number of aromatic nitrogens is 3. The number of nitrogens with one attached hydrogen (secondary N) is 1. The summed E-state index contributed by atoms with van der Waals surface area (Å²) in [5.74, 6) is 0.539. The molecule has 2 rings (SSSR count). The molecule has 0 atom stereocenters. The van der Waals surface area contributed by atoms with Crippen molar-refractivity contribution in [3.8, 4) is 0 Å². The summed E-state index contributed by atoms with van der Waals surface area (Å²) >= 11 is 1.43. The maximum atomic E-state index is 5.68. The smallest absolute Gasteiger partial charge is 0.224 e. The second kappa shape index (κ2) is 3.26. The molecule has 0 fully saturated rings. The molecule has 0 aliphatic heterocycles. The van der Waals surface area contributed by atoms with Crippen LogP contribution in [0.15, 0.2) is 0 Å². The van der Waals surface area contributed by atoms with Gasteiger partial charge in [0.1, 0.15) is 10.5 Å². The van der Waals surface area contributed by atoms with Crippen LogP contribution >= 0.6 is 11.3 Å².